The van der Waals surface area contributed by atoms with E-state index in [9.17, 15) is 8.42 Å². The van der Waals surface area contributed by atoms with Crippen molar-refractivity contribution in [1.29, 1.82) is 0 Å². The second-order valence-electron chi connectivity index (χ2n) is 4.16. The van der Waals surface area contributed by atoms with Crippen molar-refractivity contribution in [2.24, 2.45) is 16.0 Å². The minimum absolute atomic E-state index is 0.256. The molecule has 2 rings (SSSR count). The topological polar surface area (TPSA) is 75.8 Å². The molecule has 5 nitrogen and oxygen atoms in total. The number of benzene rings is 1. The van der Waals surface area contributed by atoms with Crippen LogP contribution in [0.3, 0.4) is 0 Å². The molecule has 0 aliphatic carbocycles. The summed E-state index contributed by atoms with van der Waals surface area (Å²) in [6, 6.07) is 6.86. The van der Waals surface area contributed by atoms with Gasteiger partial charge in [0, 0.05) is 6.54 Å². The Labute approximate surface area is 101 Å². The van der Waals surface area contributed by atoms with Crippen LogP contribution in [-0.2, 0) is 10.0 Å². The molecule has 1 aliphatic heterocycles. The van der Waals surface area contributed by atoms with E-state index >= 15 is 0 Å². The Morgan fingerprint density at radius 2 is 2.12 bits per heavy atom. The molecule has 0 radical (unpaired) electrons. The van der Waals surface area contributed by atoms with Crippen molar-refractivity contribution in [3.05, 3.63) is 24.3 Å². The number of nitrogens with zero attached hydrogens (tertiary/aromatic N) is 2. The number of sulfonamides is 1. The van der Waals surface area contributed by atoms with Gasteiger partial charge in [-0.05, 0) is 24.6 Å². The molecule has 0 aromatic heterocycles. The highest BCUT2D eigenvalue weighted by atomic mass is 32.2. The predicted molar refractivity (Wildman–Crippen MR) is 67.7 cm³/mol. The number of anilines is 1. The van der Waals surface area contributed by atoms with Gasteiger partial charge in [-0.1, -0.05) is 19.1 Å². The van der Waals surface area contributed by atoms with Gasteiger partial charge in [-0.3, -0.25) is 0 Å². The van der Waals surface area contributed by atoms with Crippen LogP contribution in [0.15, 0.2) is 33.6 Å². The summed E-state index contributed by atoms with van der Waals surface area (Å²) in [6.45, 7) is 3.23. The van der Waals surface area contributed by atoms with Gasteiger partial charge >= 0.3 is 0 Å². The van der Waals surface area contributed by atoms with Crippen LogP contribution >= 0.6 is 0 Å². The molecule has 1 aromatic carbocycles. The summed E-state index contributed by atoms with van der Waals surface area (Å²) < 4.78 is 27.1. The number of fused-ring (bicyclic) bond motifs is 1. The molecule has 0 saturated heterocycles. The van der Waals surface area contributed by atoms with Crippen molar-refractivity contribution in [3.63, 3.8) is 0 Å². The van der Waals surface area contributed by atoms with Crippen molar-refractivity contribution >= 4 is 22.0 Å². The summed E-state index contributed by atoms with van der Waals surface area (Å²) in [5.41, 5.74) is 6.24. The Bertz CT molecular complexity index is 539. The lowest BCUT2D eigenvalue weighted by Gasteiger charge is -2.27. The zero-order valence-electron chi connectivity index (χ0n) is 9.57. The highest BCUT2D eigenvalue weighted by Gasteiger charge is 2.25. The van der Waals surface area contributed by atoms with Gasteiger partial charge in [-0.15, -0.1) is 4.40 Å². The van der Waals surface area contributed by atoms with Crippen LogP contribution < -0.4 is 10.6 Å². The summed E-state index contributed by atoms with van der Waals surface area (Å²) >= 11 is 0. The molecule has 0 fully saturated rings. The smallest absolute Gasteiger partial charge is 0.285 e. The van der Waals surface area contributed by atoms with Crippen LogP contribution in [0, 0.1) is 5.92 Å². The second kappa shape index (κ2) is 4.46. The summed E-state index contributed by atoms with van der Waals surface area (Å²) in [4.78, 5) is 2.08. The van der Waals surface area contributed by atoms with Gasteiger partial charge in [-0.25, -0.2) is 0 Å². The van der Waals surface area contributed by atoms with Crippen molar-refractivity contribution < 1.29 is 8.42 Å². The number of nitrogens with two attached hydrogens (primary N) is 1. The maximum Gasteiger partial charge on any atom is 0.285 e. The van der Waals surface area contributed by atoms with Gasteiger partial charge in [0.1, 0.15) is 11.2 Å². The number of rotatable bonds is 3. The third kappa shape index (κ3) is 2.32. The van der Waals surface area contributed by atoms with Gasteiger partial charge in [0.25, 0.3) is 10.0 Å². The molecular weight excluding hydrogens is 238 g/mol. The van der Waals surface area contributed by atoms with Gasteiger partial charge < -0.3 is 10.6 Å². The molecule has 17 heavy (non-hydrogen) atoms. The fraction of sp³-hybridized carbons (Fsp3) is 0.364. The van der Waals surface area contributed by atoms with E-state index < -0.39 is 10.0 Å². The Morgan fingerprint density at radius 1 is 1.41 bits per heavy atom. The molecule has 6 heteroatoms. The first-order chi connectivity index (χ1) is 8.04. The largest absolute Gasteiger partial charge is 0.330 e. The minimum Gasteiger partial charge on any atom is -0.330 e. The predicted octanol–water partition coefficient (Wildman–Crippen LogP) is 0.818. The van der Waals surface area contributed by atoms with E-state index in [0.717, 1.165) is 0 Å². The van der Waals surface area contributed by atoms with Gasteiger partial charge in [-0.2, -0.15) is 8.42 Å². The van der Waals surface area contributed by atoms with Crippen molar-refractivity contribution in [2.45, 2.75) is 11.8 Å². The molecule has 0 spiro atoms. The zero-order valence-corrected chi connectivity index (χ0v) is 10.4. The van der Waals surface area contributed by atoms with E-state index in [1.807, 2.05) is 17.9 Å². The van der Waals surface area contributed by atoms with Crippen LogP contribution in [-0.4, -0.2) is 27.8 Å². The highest BCUT2D eigenvalue weighted by Crippen LogP contribution is 2.29. The molecule has 92 valence electrons. The van der Waals surface area contributed by atoms with Crippen molar-refractivity contribution in [2.75, 3.05) is 18.0 Å². The van der Waals surface area contributed by atoms with Crippen LogP contribution in [0.5, 0.6) is 0 Å². The van der Waals surface area contributed by atoms with Crippen LogP contribution in [0.2, 0.25) is 0 Å². The van der Waals surface area contributed by atoms with E-state index in [2.05, 4.69) is 4.40 Å². The average molecular weight is 253 g/mol. The molecule has 1 aliphatic rings. The molecule has 1 atom stereocenters. The maximum atomic E-state index is 11.7. The van der Waals surface area contributed by atoms with E-state index in [1.165, 1.54) is 6.34 Å². The second-order valence-corrected chi connectivity index (χ2v) is 5.76. The lowest BCUT2D eigenvalue weighted by molar-refractivity contribution is 0.589. The third-order valence-electron chi connectivity index (χ3n) is 2.69. The number of hydrogen-bond acceptors (Lipinski definition) is 4. The summed E-state index contributed by atoms with van der Waals surface area (Å²) in [5.74, 6) is 0.273. The van der Waals surface area contributed by atoms with Gasteiger partial charge in [0.2, 0.25) is 0 Å². The van der Waals surface area contributed by atoms with Crippen molar-refractivity contribution in [1.82, 2.24) is 0 Å². The van der Waals surface area contributed by atoms with Crippen LogP contribution in [0.25, 0.3) is 0 Å². The highest BCUT2D eigenvalue weighted by molar-refractivity contribution is 7.90. The van der Waals surface area contributed by atoms with E-state index in [1.54, 1.807) is 18.2 Å². The number of para-hydroxylation sites is 1. The zero-order chi connectivity index (χ0) is 12.5. The first-order valence-electron chi connectivity index (χ1n) is 5.41. The normalized spacial score (nSPS) is 18.8. The Hall–Kier alpha value is -1.40. The fourth-order valence-corrected chi connectivity index (χ4v) is 2.76. The van der Waals surface area contributed by atoms with Crippen LogP contribution in [0.1, 0.15) is 6.92 Å². The third-order valence-corrected chi connectivity index (χ3v) is 3.96. The first kappa shape index (κ1) is 12.1. The Balaban J connectivity index is 2.40. The molecule has 1 unspecified atom stereocenters. The molecule has 0 saturated carbocycles. The first-order valence-corrected chi connectivity index (χ1v) is 6.85. The molecular formula is C11H15N3O2S. The summed E-state index contributed by atoms with van der Waals surface area (Å²) in [7, 11) is -3.52. The molecule has 1 aromatic rings. The van der Waals surface area contributed by atoms with Crippen LogP contribution in [0.4, 0.5) is 5.69 Å². The standard InChI is InChI=1S/C11H15N3O2S/c1-9(6-12)7-14-8-13-17(15,16)11-5-3-2-4-10(11)14/h2-5,8-9H,6-7,12H2,1H3. The Kier molecular flexibility index (Phi) is 3.17. The average Bonchev–Trinajstić information content (AvgIpc) is 2.33. The van der Waals surface area contributed by atoms with Gasteiger partial charge in [0.05, 0.1) is 5.69 Å². The van der Waals surface area contributed by atoms with Crippen molar-refractivity contribution in [3.8, 4) is 0 Å². The van der Waals surface area contributed by atoms with E-state index in [0.29, 0.717) is 18.8 Å². The Morgan fingerprint density at radius 3 is 2.82 bits per heavy atom. The van der Waals surface area contributed by atoms with E-state index in [-0.39, 0.29) is 10.8 Å². The fourth-order valence-electron chi connectivity index (χ4n) is 1.71. The summed E-state index contributed by atoms with van der Waals surface area (Å²) in [5, 5.41) is 0. The maximum absolute atomic E-state index is 11.7. The number of hydrogen-bond donors (Lipinski definition) is 1. The lowest BCUT2D eigenvalue weighted by atomic mass is 10.1. The van der Waals surface area contributed by atoms with E-state index in [4.69, 9.17) is 5.73 Å². The molecule has 0 amide bonds. The SMILES string of the molecule is CC(CN)CN1C=NS(=O)(=O)c2ccccc21. The monoisotopic (exact) mass is 253 g/mol. The minimum atomic E-state index is -3.52. The molecule has 0 bridgehead atoms. The summed E-state index contributed by atoms with van der Waals surface area (Å²) in [6.07, 6.45) is 1.36. The quantitative estimate of drug-likeness (QED) is 0.865. The molecule has 1 heterocycles. The lowest BCUT2D eigenvalue weighted by Crippen LogP contribution is -2.33. The van der Waals surface area contributed by atoms with Gasteiger partial charge in [0.15, 0.2) is 0 Å². The molecule has 2 N–H and O–H groups in total.